The molecule has 120 valence electrons. The van der Waals surface area contributed by atoms with Crippen molar-refractivity contribution in [1.82, 2.24) is 0 Å². The zero-order valence-corrected chi connectivity index (χ0v) is 14.0. The third-order valence-corrected chi connectivity index (χ3v) is 3.47. The van der Waals surface area contributed by atoms with E-state index in [9.17, 15) is 9.59 Å². The van der Waals surface area contributed by atoms with Gasteiger partial charge in [0.25, 0.3) is 0 Å². The molecular weight excluding hydrogens is 288 g/mol. The van der Waals surface area contributed by atoms with Gasteiger partial charge >= 0.3 is 5.97 Å². The molecule has 0 fully saturated rings. The van der Waals surface area contributed by atoms with E-state index >= 15 is 0 Å². The summed E-state index contributed by atoms with van der Waals surface area (Å²) in [6.45, 7) is 7.35. The molecule has 23 heavy (non-hydrogen) atoms. The molecule has 0 amide bonds. The van der Waals surface area contributed by atoms with Crippen molar-refractivity contribution in [2.45, 2.75) is 39.2 Å². The molecule has 0 aliphatic rings. The minimum atomic E-state index is -0.505. The molecule has 2 aromatic carbocycles. The first-order chi connectivity index (χ1) is 10.8. The van der Waals surface area contributed by atoms with Gasteiger partial charge in [-0.05, 0) is 33.3 Å². The van der Waals surface area contributed by atoms with Gasteiger partial charge in [-0.2, -0.15) is 0 Å². The maximum absolute atomic E-state index is 12.4. The number of carbonyl (C=O) groups is 2. The molecule has 2 aromatic rings. The van der Waals surface area contributed by atoms with E-state index in [1.54, 1.807) is 24.3 Å². The lowest BCUT2D eigenvalue weighted by Gasteiger charge is -2.22. The van der Waals surface area contributed by atoms with Gasteiger partial charge in [-0.15, -0.1) is 0 Å². The number of carbonyl (C=O) groups excluding carboxylic acids is 2. The Morgan fingerprint density at radius 3 is 1.91 bits per heavy atom. The van der Waals surface area contributed by atoms with Crippen molar-refractivity contribution in [3.8, 4) is 0 Å². The van der Waals surface area contributed by atoms with E-state index in [1.807, 2.05) is 58.0 Å². The zero-order chi connectivity index (χ0) is 17.0. The Morgan fingerprint density at radius 1 is 0.870 bits per heavy atom. The van der Waals surface area contributed by atoms with Crippen LogP contribution in [0, 0.1) is 0 Å². The fourth-order valence-electron chi connectivity index (χ4n) is 2.21. The van der Waals surface area contributed by atoms with Crippen molar-refractivity contribution in [3.05, 3.63) is 71.3 Å². The summed E-state index contributed by atoms with van der Waals surface area (Å²) >= 11 is 0. The van der Waals surface area contributed by atoms with Gasteiger partial charge in [-0.25, -0.2) is 0 Å². The van der Waals surface area contributed by atoms with Gasteiger partial charge in [0.1, 0.15) is 5.60 Å². The van der Waals surface area contributed by atoms with E-state index in [-0.39, 0.29) is 17.7 Å². The van der Waals surface area contributed by atoms with Crippen LogP contribution < -0.4 is 0 Å². The zero-order valence-electron chi connectivity index (χ0n) is 14.0. The van der Waals surface area contributed by atoms with Gasteiger partial charge in [0.05, 0.1) is 5.92 Å². The average Bonchev–Trinajstić information content (AvgIpc) is 2.53. The van der Waals surface area contributed by atoms with Crippen molar-refractivity contribution in [3.63, 3.8) is 0 Å². The van der Waals surface area contributed by atoms with Crippen LogP contribution in [-0.4, -0.2) is 17.4 Å². The largest absolute Gasteiger partial charge is 0.460 e. The minimum absolute atomic E-state index is 0.0259. The third kappa shape index (κ3) is 4.52. The van der Waals surface area contributed by atoms with Crippen LogP contribution in [-0.2, 0) is 9.53 Å². The summed E-state index contributed by atoms with van der Waals surface area (Å²) in [7, 11) is 0. The molecule has 0 aromatic heterocycles. The Balaban J connectivity index is 2.13. The summed E-state index contributed by atoms with van der Waals surface area (Å²) in [5, 5.41) is 0. The molecular formula is C20H22O3. The van der Waals surface area contributed by atoms with Gasteiger partial charge in [0.15, 0.2) is 5.78 Å². The van der Waals surface area contributed by atoms with E-state index in [2.05, 4.69) is 0 Å². The molecule has 0 heterocycles. The van der Waals surface area contributed by atoms with Crippen molar-refractivity contribution in [1.29, 1.82) is 0 Å². The van der Waals surface area contributed by atoms with Crippen LogP contribution in [0.15, 0.2) is 54.6 Å². The SMILES string of the molecule is CC(C(=O)OC(C)(C)C)c1ccc(C(=O)c2ccccc2)cc1. The molecule has 0 saturated heterocycles. The second-order valence-corrected chi connectivity index (χ2v) is 6.57. The van der Waals surface area contributed by atoms with Gasteiger partial charge < -0.3 is 4.74 Å². The molecule has 0 bridgehead atoms. The Morgan fingerprint density at radius 2 is 1.39 bits per heavy atom. The topological polar surface area (TPSA) is 43.4 Å². The summed E-state index contributed by atoms with van der Waals surface area (Å²) in [4.78, 5) is 24.5. The Hall–Kier alpha value is -2.42. The summed E-state index contributed by atoms with van der Waals surface area (Å²) in [5.41, 5.74) is 1.59. The molecule has 0 saturated carbocycles. The van der Waals surface area contributed by atoms with Gasteiger partial charge in [-0.1, -0.05) is 54.6 Å². The lowest BCUT2D eigenvalue weighted by Crippen LogP contribution is -2.26. The van der Waals surface area contributed by atoms with Gasteiger partial charge in [-0.3, -0.25) is 9.59 Å². The van der Waals surface area contributed by atoms with Crippen molar-refractivity contribution in [2.24, 2.45) is 0 Å². The van der Waals surface area contributed by atoms with Crippen LogP contribution in [0.2, 0.25) is 0 Å². The van der Waals surface area contributed by atoms with E-state index < -0.39 is 5.60 Å². The summed E-state index contributed by atoms with van der Waals surface area (Å²) in [6, 6.07) is 16.3. The molecule has 0 aliphatic carbocycles. The van der Waals surface area contributed by atoms with Crippen molar-refractivity contribution in [2.75, 3.05) is 0 Å². The molecule has 3 heteroatoms. The van der Waals surface area contributed by atoms with Crippen molar-refractivity contribution >= 4 is 11.8 Å². The Kier molecular flexibility index (Phi) is 4.99. The maximum Gasteiger partial charge on any atom is 0.313 e. The minimum Gasteiger partial charge on any atom is -0.460 e. The normalized spacial score (nSPS) is 12.5. The lowest BCUT2D eigenvalue weighted by molar-refractivity contribution is -0.156. The third-order valence-electron chi connectivity index (χ3n) is 3.47. The molecule has 0 N–H and O–H groups in total. The lowest BCUT2D eigenvalue weighted by atomic mass is 9.97. The monoisotopic (exact) mass is 310 g/mol. The molecule has 3 nitrogen and oxygen atoms in total. The van der Waals surface area contributed by atoms with Crippen LogP contribution in [0.3, 0.4) is 0 Å². The first-order valence-electron chi connectivity index (χ1n) is 7.70. The molecule has 2 rings (SSSR count). The molecule has 0 spiro atoms. The quantitative estimate of drug-likeness (QED) is 0.622. The maximum atomic E-state index is 12.4. The van der Waals surface area contributed by atoms with Crippen LogP contribution in [0.1, 0.15) is 55.1 Å². The summed E-state index contributed by atoms with van der Waals surface area (Å²) in [6.07, 6.45) is 0. The Labute approximate surface area is 137 Å². The second kappa shape index (κ2) is 6.78. The highest BCUT2D eigenvalue weighted by Crippen LogP contribution is 2.21. The standard InChI is InChI=1S/C20H22O3/c1-14(19(22)23-20(2,3)4)15-10-12-17(13-11-15)18(21)16-8-6-5-7-9-16/h5-14H,1-4H3. The molecule has 1 unspecified atom stereocenters. The van der Waals surface area contributed by atoms with Crippen LogP contribution in [0.25, 0.3) is 0 Å². The number of rotatable bonds is 4. The number of ketones is 1. The highest BCUT2D eigenvalue weighted by molar-refractivity contribution is 6.08. The summed E-state index contributed by atoms with van der Waals surface area (Å²) < 4.78 is 5.40. The van der Waals surface area contributed by atoms with Gasteiger partial charge in [0, 0.05) is 11.1 Å². The second-order valence-electron chi connectivity index (χ2n) is 6.57. The number of benzene rings is 2. The van der Waals surface area contributed by atoms with E-state index in [0.29, 0.717) is 11.1 Å². The Bertz CT molecular complexity index is 679. The van der Waals surface area contributed by atoms with Crippen LogP contribution in [0.5, 0.6) is 0 Å². The van der Waals surface area contributed by atoms with E-state index in [4.69, 9.17) is 4.74 Å². The number of ether oxygens (including phenoxy) is 1. The number of hydrogen-bond acceptors (Lipinski definition) is 3. The van der Waals surface area contributed by atoms with Crippen molar-refractivity contribution < 1.29 is 14.3 Å². The highest BCUT2D eigenvalue weighted by atomic mass is 16.6. The van der Waals surface area contributed by atoms with E-state index in [1.165, 1.54) is 0 Å². The molecule has 0 aliphatic heterocycles. The number of esters is 1. The highest BCUT2D eigenvalue weighted by Gasteiger charge is 2.23. The number of hydrogen-bond donors (Lipinski definition) is 0. The summed E-state index contributed by atoms with van der Waals surface area (Å²) in [5.74, 6) is -0.656. The van der Waals surface area contributed by atoms with Crippen LogP contribution >= 0.6 is 0 Å². The first kappa shape index (κ1) is 16.9. The fraction of sp³-hybridized carbons (Fsp3) is 0.300. The molecule has 1 atom stereocenters. The predicted molar refractivity (Wildman–Crippen MR) is 90.6 cm³/mol. The van der Waals surface area contributed by atoms with Gasteiger partial charge in [0.2, 0.25) is 0 Å². The van der Waals surface area contributed by atoms with Crippen LogP contribution in [0.4, 0.5) is 0 Å². The first-order valence-corrected chi connectivity index (χ1v) is 7.70. The fourth-order valence-corrected chi connectivity index (χ4v) is 2.21. The predicted octanol–water partition coefficient (Wildman–Crippen LogP) is 4.36. The van der Waals surface area contributed by atoms with E-state index in [0.717, 1.165) is 5.56 Å². The average molecular weight is 310 g/mol. The molecule has 0 radical (unpaired) electrons. The smallest absolute Gasteiger partial charge is 0.313 e.